The molecule has 0 spiro atoms. The van der Waals surface area contributed by atoms with Crippen molar-refractivity contribution >= 4 is 0 Å². The molecule has 0 aromatic heterocycles. The zero-order valence-electron chi connectivity index (χ0n) is 5.72. The van der Waals surface area contributed by atoms with Gasteiger partial charge in [-0.3, -0.25) is 5.32 Å². The summed E-state index contributed by atoms with van der Waals surface area (Å²) in [6, 6.07) is 0. The van der Waals surface area contributed by atoms with Crippen molar-refractivity contribution in [2.75, 3.05) is 26.5 Å². The summed E-state index contributed by atoms with van der Waals surface area (Å²) >= 11 is 0. The molecule has 1 fully saturated rings. The fraction of sp³-hybridized carbons (Fsp3) is 1.00. The quantitative estimate of drug-likeness (QED) is 0.323. The van der Waals surface area contributed by atoms with E-state index in [-0.39, 0.29) is 0 Å². The Bertz CT molecular complexity index is 73.5. The maximum Gasteiger partial charge on any atom is 0.0965 e. The van der Waals surface area contributed by atoms with Crippen LogP contribution in [-0.2, 0) is 9.47 Å². The van der Waals surface area contributed by atoms with E-state index < -0.39 is 0 Å². The lowest BCUT2D eigenvalue weighted by atomic mass is 10.5. The molecule has 0 amide bonds. The Balaban J connectivity index is 1.71. The lowest BCUT2D eigenvalue weighted by molar-refractivity contribution is 0.127. The molecular formula is C6H13NO2. The molecule has 1 heterocycles. The highest BCUT2D eigenvalue weighted by Gasteiger charge is 2.20. The van der Waals surface area contributed by atoms with E-state index in [2.05, 4.69) is 5.32 Å². The number of hydrogen-bond acceptors (Lipinski definition) is 3. The molecule has 3 heteroatoms. The van der Waals surface area contributed by atoms with Gasteiger partial charge in [-0.25, -0.2) is 0 Å². The second-order valence-corrected chi connectivity index (χ2v) is 2.05. The second-order valence-electron chi connectivity index (χ2n) is 2.05. The molecule has 1 unspecified atom stereocenters. The van der Waals surface area contributed by atoms with E-state index >= 15 is 0 Å². The predicted molar refractivity (Wildman–Crippen MR) is 34.2 cm³/mol. The van der Waals surface area contributed by atoms with Crippen molar-refractivity contribution in [2.45, 2.75) is 13.0 Å². The van der Waals surface area contributed by atoms with E-state index in [0.717, 1.165) is 19.8 Å². The Morgan fingerprint density at radius 2 is 2.56 bits per heavy atom. The van der Waals surface area contributed by atoms with Gasteiger partial charge in [-0.1, -0.05) is 0 Å². The molecule has 0 radical (unpaired) electrons. The smallest absolute Gasteiger partial charge is 0.0965 e. The van der Waals surface area contributed by atoms with Gasteiger partial charge in [-0.2, -0.15) is 0 Å². The number of rotatable bonds is 5. The van der Waals surface area contributed by atoms with Gasteiger partial charge in [0.2, 0.25) is 0 Å². The molecule has 54 valence electrons. The number of epoxide rings is 1. The minimum atomic E-state index is 0.463. The highest BCUT2D eigenvalue weighted by molar-refractivity contribution is 4.70. The van der Waals surface area contributed by atoms with Gasteiger partial charge in [0.05, 0.1) is 19.4 Å². The van der Waals surface area contributed by atoms with Crippen LogP contribution in [0.1, 0.15) is 6.92 Å². The summed E-state index contributed by atoms with van der Waals surface area (Å²) < 4.78 is 10.0. The van der Waals surface area contributed by atoms with Gasteiger partial charge >= 0.3 is 0 Å². The topological polar surface area (TPSA) is 33.8 Å². The fourth-order valence-electron chi connectivity index (χ4n) is 0.580. The molecular weight excluding hydrogens is 118 g/mol. The summed E-state index contributed by atoms with van der Waals surface area (Å²) in [5.74, 6) is 0. The lowest BCUT2D eigenvalue weighted by Gasteiger charge is -2.00. The Morgan fingerprint density at radius 3 is 3.11 bits per heavy atom. The van der Waals surface area contributed by atoms with Crippen LogP contribution in [0.25, 0.3) is 0 Å². The predicted octanol–water partition coefficient (Wildman–Crippen LogP) is -0.0312. The van der Waals surface area contributed by atoms with Crippen LogP contribution in [0.15, 0.2) is 0 Å². The maximum absolute atomic E-state index is 5.04. The van der Waals surface area contributed by atoms with Gasteiger partial charge in [-0.05, 0) is 6.92 Å². The van der Waals surface area contributed by atoms with Gasteiger partial charge in [0.15, 0.2) is 0 Å². The molecule has 0 aromatic rings. The SMILES string of the molecule is CCOCNCC1CO1. The average Bonchev–Trinajstić information content (AvgIpc) is 2.63. The van der Waals surface area contributed by atoms with E-state index in [1.807, 2.05) is 6.92 Å². The van der Waals surface area contributed by atoms with Crippen LogP contribution in [0, 0.1) is 0 Å². The largest absolute Gasteiger partial charge is 0.372 e. The zero-order chi connectivity index (χ0) is 6.53. The summed E-state index contributed by atoms with van der Waals surface area (Å²) in [5, 5.41) is 3.10. The Labute approximate surface area is 55.3 Å². The summed E-state index contributed by atoms with van der Waals surface area (Å²) in [4.78, 5) is 0. The molecule has 3 nitrogen and oxygen atoms in total. The summed E-state index contributed by atoms with van der Waals surface area (Å²) in [7, 11) is 0. The molecule has 0 saturated carbocycles. The maximum atomic E-state index is 5.04. The molecule has 0 bridgehead atoms. The van der Waals surface area contributed by atoms with Crippen molar-refractivity contribution in [3.05, 3.63) is 0 Å². The van der Waals surface area contributed by atoms with E-state index in [0.29, 0.717) is 12.8 Å². The summed E-state index contributed by atoms with van der Waals surface area (Å²) in [6.07, 6.45) is 0.463. The Morgan fingerprint density at radius 1 is 1.78 bits per heavy atom. The third-order valence-electron chi connectivity index (χ3n) is 1.18. The first-order valence-electron chi connectivity index (χ1n) is 3.33. The van der Waals surface area contributed by atoms with Crippen LogP contribution in [0.4, 0.5) is 0 Å². The third-order valence-corrected chi connectivity index (χ3v) is 1.18. The van der Waals surface area contributed by atoms with Crippen LogP contribution in [-0.4, -0.2) is 32.6 Å². The van der Waals surface area contributed by atoms with E-state index in [1.54, 1.807) is 0 Å². The van der Waals surface area contributed by atoms with Crippen molar-refractivity contribution in [3.63, 3.8) is 0 Å². The molecule has 9 heavy (non-hydrogen) atoms. The molecule has 1 N–H and O–H groups in total. The monoisotopic (exact) mass is 131 g/mol. The number of hydrogen-bond donors (Lipinski definition) is 1. The fourth-order valence-corrected chi connectivity index (χ4v) is 0.580. The molecule has 0 aliphatic carbocycles. The van der Waals surface area contributed by atoms with Crippen molar-refractivity contribution in [2.24, 2.45) is 0 Å². The highest BCUT2D eigenvalue weighted by atomic mass is 16.6. The van der Waals surface area contributed by atoms with E-state index in [9.17, 15) is 0 Å². The van der Waals surface area contributed by atoms with Gasteiger partial charge in [-0.15, -0.1) is 0 Å². The minimum Gasteiger partial charge on any atom is -0.372 e. The lowest BCUT2D eigenvalue weighted by Crippen LogP contribution is -2.22. The van der Waals surface area contributed by atoms with Crippen molar-refractivity contribution < 1.29 is 9.47 Å². The standard InChI is InChI=1S/C6H13NO2/c1-2-8-5-7-3-6-4-9-6/h6-7H,2-5H2,1H3. The van der Waals surface area contributed by atoms with Crippen LogP contribution in [0.5, 0.6) is 0 Å². The van der Waals surface area contributed by atoms with Crippen LogP contribution in [0.3, 0.4) is 0 Å². The van der Waals surface area contributed by atoms with E-state index in [4.69, 9.17) is 9.47 Å². The summed E-state index contributed by atoms with van der Waals surface area (Å²) in [6.45, 7) is 5.25. The Kier molecular flexibility index (Phi) is 2.97. The van der Waals surface area contributed by atoms with Crippen LogP contribution in [0.2, 0.25) is 0 Å². The molecule has 1 rings (SSSR count). The van der Waals surface area contributed by atoms with Crippen molar-refractivity contribution in [3.8, 4) is 0 Å². The van der Waals surface area contributed by atoms with Crippen LogP contribution >= 0.6 is 0 Å². The van der Waals surface area contributed by atoms with E-state index in [1.165, 1.54) is 0 Å². The van der Waals surface area contributed by atoms with Gasteiger partial charge < -0.3 is 9.47 Å². The first-order chi connectivity index (χ1) is 4.43. The third kappa shape index (κ3) is 3.46. The molecule has 1 aliphatic rings. The first-order valence-corrected chi connectivity index (χ1v) is 3.33. The van der Waals surface area contributed by atoms with Crippen molar-refractivity contribution in [1.82, 2.24) is 5.32 Å². The van der Waals surface area contributed by atoms with Gasteiger partial charge in [0.25, 0.3) is 0 Å². The molecule has 1 saturated heterocycles. The summed E-state index contributed by atoms with van der Waals surface area (Å²) in [5.41, 5.74) is 0. The highest BCUT2D eigenvalue weighted by Crippen LogP contribution is 2.05. The minimum absolute atomic E-state index is 0.463. The van der Waals surface area contributed by atoms with Gasteiger partial charge in [0.1, 0.15) is 0 Å². The zero-order valence-corrected chi connectivity index (χ0v) is 5.72. The average molecular weight is 131 g/mol. The first kappa shape index (κ1) is 6.99. The molecule has 1 atom stereocenters. The van der Waals surface area contributed by atoms with Gasteiger partial charge in [0, 0.05) is 13.2 Å². The van der Waals surface area contributed by atoms with Crippen LogP contribution < -0.4 is 5.32 Å². The van der Waals surface area contributed by atoms with Crippen molar-refractivity contribution in [1.29, 1.82) is 0 Å². The normalized spacial score (nSPS) is 24.3. The number of nitrogens with one attached hydrogen (secondary N) is 1. The second kappa shape index (κ2) is 3.82. The number of ether oxygens (including phenoxy) is 2. The molecule has 1 aliphatic heterocycles. The molecule has 0 aromatic carbocycles. The Hall–Kier alpha value is -0.120.